The smallest absolute Gasteiger partial charge is 0.405 e. The molecule has 0 bridgehead atoms. The van der Waals surface area contributed by atoms with E-state index in [9.17, 15) is 22.8 Å². The van der Waals surface area contributed by atoms with Gasteiger partial charge < -0.3 is 20.7 Å². The average molecular weight is 430 g/mol. The minimum atomic E-state index is -4.50. The van der Waals surface area contributed by atoms with Crippen LogP contribution in [0.2, 0.25) is 5.02 Å². The number of amides is 2. The lowest BCUT2D eigenvalue weighted by atomic mass is 10.1. The summed E-state index contributed by atoms with van der Waals surface area (Å²) in [5, 5.41) is 7.74. The normalized spacial score (nSPS) is 11.0. The van der Waals surface area contributed by atoms with Crippen LogP contribution in [0.5, 0.6) is 5.75 Å². The summed E-state index contributed by atoms with van der Waals surface area (Å²) in [5.41, 5.74) is 1.59. The summed E-state index contributed by atoms with van der Waals surface area (Å²) < 4.78 is 41.9. The Balaban J connectivity index is 2.02. The number of halogens is 4. The highest BCUT2D eigenvalue weighted by Crippen LogP contribution is 2.27. The molecule has 0 radical (unpaired) electrons. The first kappa shape index (κ1) is 22.4. The van der Waals surface area contributed by atoms with Crippen molar-refractivity contribution in [1.82, 2.24) is 5.32 Å². The molecule has 29 heavy (non-hydrogen) atoms. The van der Waals surface area contributed by atoms with Crippen molar-refractivity contribution in [2.45, 2.75) is 13.1 Å². The van der Waals surface area contributed by atoms with Crippen molar-refractivity contribution in [1.29, 1.82) is 0 Å². The van der Waals surface area contributed by atoms with Crippen LogP contribution < -0.4 is 20.7 Å². The molecular formula is C19H19ClF3N3O3. The van der Waals surface area contributed by atoms with Crippen LogP contribution >= 0.6 is 11.6 Å². The molecule has 0 saturated heterocycles. The fraction of sp³-hybridized carbons (Fsp3) is 0.263. The number of benzene rings is 2. The van der Waals surface area contributed by atoms with Crippen molar-refractivity contribution in [2.24, 2.45) is 0 Å². The maximum Gasteiger partial charge on any atom is 0.405 e. The van der Waals surface area contributed by atoms with Gasteiger partial charge in [0.05, 0.1) is 19.3 Å². The minimum Gasteiger partial charge on any atom is -0.495 e. The number of methoxy groups -OCH3 is 1. The van der Waals surface area contributed by atoms with Crippen molar-refractivity contribution >= 4 is 34.8 Å². The molecule has 0 saturated carbocycles. The summed E-state index contributed by atoms with van der Waals surface area (Å²) in [7, 11) is 1.45. The van der Waals surface area contributed by atoms with Crippen molar-refractivity contribution in [2.75, 3.05) is 30.8 Å². The maximum atomic E-state index is 12.3. The van der Waals surface area contributed by atoms with Crippen molar-refractivity contribution in [3.05, 3.63) is 52.5 Å². The van der Waals surface area contributed by atoms with Crippen LogP contribution in [0, 0.1) is 6.92 Å². The zero-order valence-electron chi connectivity index (χ0n) is 15.6. The predicted molar refractivity (Wildman–Crippen MR) is 105 cm³/mol. The molecule has 0 aliphatic rings. The maximum absolute atomic E-state index is 12.3. The summed E-state index contributed by atoms with van der Waals surface area (Å²) in [6, 6.07) is 9.13. The van der Waals surface area contributed by atoms with Crippen LogP contribution in [0.15, 0.2) is 36.4 Å². The summed E-state index contributed by atoms with van der Waals surface area (Å²) >= 11 is 5.92. The Labute approximate surface area is 170 Å². The molecule has 156 valence electrons. The van der Waals surface area contributed by atoms with Gasteiger partial charge in [0, 0.05) is 16.3 Å². The highest BCUT2D eigenvalue weighted by atomic mass is 35.5. The quantitative estimate of drug-likeness (QED) is 0.621. The van der Waals surface area contributed by atoms with Crippen molar-refractivity contribution in [3.8, 4) is 5.75 Å². The van der Waals surface area contributed by atoms with Crippen molar-refractivity contribution < 1.29 is 27.5 Å². The van der Waals surface area contributed by atoms with Gasteiger partial charge in [0.25, 0.3) is 5.91 Å². The van der Waals surface area contributed by atoms with Crippen LogP contribution in [0.3, 0.4) is 0 Å². The van der Waals surface area contributed by atoms with E-state index < -0.39 is 24.5 Å². The number of carbonyl (C=O) groups excluding carboxylic acids is 2. The molecule has 2 aromatic rings. The fourth-order valence-electron chi connectivity index (χ4n) is 2.38. The standard InChI is InChI=1S/C19H19ClF3N3O3/c1-11-3-4-12(18(28)25-10-19(21,22)23)7-14(11)24-9-17(27)26-15-8-13(20)5-6-16(15)29-2/h3-8,24H,9-10H2,1-2H3,(H,25,28)(H,26,27). The lowest BCUT2D eigenvalue weighted by Gasteiger charge is -2.14. The van der Waals surface area contributed by atoms with Gasteiger partial charge in [0.1, 0.15) is 12.3 Å². The monoisotopic (exact) mass is 429 g/mol. The number of nitrogens with one attached hydrogen (secondary N) is 3. The molecule has 0 aliphatic carbocycles. The van der Waals surface area contributed by atoms with E-state index in [0.717, 1.165) is 0 Å². The molecule has 10 heteroatoms. The van der Waals surface area contributed by atoms with E-state index in [1.54, 1.807) is 30.4 Å². The van der Waals surface area contributed by atoms with Crippen LogP contribution in [0.1, 0.15) is 15.9 Å². The summed E-state index contributed by atoms with van der Waals surface area (Å²) in [6.07, 6.45) is -4.50. The lowest BCUT2D eigenvalue weighted by molar-refractivity contribution is -0.123. The van der Waals surface area contributed by atoms with Gasteiger partial charge in [-0.2, -0.15) is 13.2 Å². The van der Waals surface area contributed by atoms with Crippen LogP contribution in [-0.2, 0) is 4.79 Å². The zero-order valence-corrected chi connectivity index (χ0v) is 16.4. The molecule has 2 amide bonds. The number of hydrogen-bond acceptors (Lipinski definition) is 4. The Hall–Kier alpha value is -2.94. The number of ether oxygens (including phenoxy) is 1. The Bertz CT molecular complexity index is 904. The first-order valence-electron chi connectivity index (χ1n) is 8.42. The first-order chi connectivity index (χ1) is 13.6. The minimum absolute atomic E-state index is 0.0410. The van der Waals surface area contributed by atoms with Crippen LogP contribution in [0.4, 0.5) is 24.5 Å². The molecule has 2 rings (SSSR count). The van der Waals surface area contributed by atoms with E-state index in [4.69, 9.17) is 16.3 Å². The van der Waals surface area contributed by atoms with E-state index >= 15 is 0 Å². The number of aryl methyl sites for hydroxylation is 1. The van der Waals surface area contributed by atoms with Gasteiger partial charge in [-0.3, -0.25) is 9.59 Å². The van der Waals surface area contributed by atoms with Gasteiger partial charge in [-0.25, -0.2) is 0 Å². The average Bonchev–Trinajstić information content (AvgIpc) is 2.65. The van der Waals surface area contributed by atoms with Gasteiger partial charge in [0.15, 0.2) is 0 Å². The predicted octanol–water partition coefficient (Wildman–Crippen LogP) is 4.00. The van der Waals surface area contributed by atoms with E-state index in [-0.39, 0.29) is 12.1 Å². The molecule has 0 atom stereocenters. The molecule has 0 aromatic heterocycles. The Morgan fingerprint density at radius 2 is 1.83 bits per heavy atom. The third-order valence-corrected chi connectivity index (χ3v) is 4.06. The second-order valence-corrected chi connectivity index (χ2v) is 6.51. The second-order valence-electron chi connectivity index (χ2n) is 6.07. The number of hydrogen-bond donors (Lipinski definition) is 3. The molecule has 3 N–H and O–H groups in total. The summed E-state index contributed by atoms with van der Waals surface area (Å²) in [5.74, 6) is -0.836. The second kappa shape index (κ2) is 9.51. The van der Waals surface area contributed by atoms with Gasteiger partial charge in [-0.15, -0.1) is 0 Å². The van der Waals surface area contributed by atoms with E-state index in [2.05, 4.69) is 10.6 Å². The molecule has 6 nitrogen and oxygen atoms in total. The SMILES string of the molecule is COc1ccc(Cl)cc1NC(=O)CNc1cc(C(=O)NCC(F)(F)F)ccc1C. The Kier molecular flexibility index (Phi) is 7.33. The summed E-state index contributed by atoms with van der Waals surface area (Å²) in [6.45, 7) is 0.161. The lowest BCUT2D eigenvalue weighted by Crippen LogP contribution is -2.33. The molecular weight excluding hydrogens is 411 g/mol. The molecule has 0 heterocycles. The topological polar surface area (TPSA) is 79.5 Å². The van der Waals surface area contributed by atoms with Gasteiger partial charge >= 0.3 is 6.18 Å². The zero-order chi connectivity index (χ0) is 21.6. The largest absolute Gasteiger partial charge is 0.495 e. The van der Waals surface area contributed by atoms with E-state index in [1.165, 1.54) is 25.3 Å². The molecule has 0 fully saturated rings. The Morgan fingerprint density at radius 1 is 1.10 bits per heavy atom. The van der Waals surface area contributed by atoms with Crippen LogP contribution in [-0.4, -0.2) is 38.2 Å². The van der Waals surface area contributed by atoms with E-state index in [0.29, 0.717) is 27.7 Å². The molecule has 2 aromatic carbocycles. The van der Waals surface area contributed by atoms with E-state index in [1.807, 2.05) is 0 Å². The molecule has 0 spiro atoms. The highest BCUT2D eigenvalue weighted by Gasteiger charge is 2.28. The molecule has 0 unspecified atom stereocenters. The van der Waals surface area contributed by atoms with Gasteiger partial charge in [0.2, 0.25) is 5.91 Å². The fourth-order valence-corrected chi connectivity index (χ4v) is 2.56. The first-order valence-corrected chi connectivity index (χ1v) is 8.79. The Morgan fingerprint density at radius 3 is 2.48 bits per heavy atom. The van der Waals surface area contributed by atoms with Crippen molar-refractivity contribution in [3.63, 3.8) is 0 Å². The molecule has 0 aliphatic heterocycles. The third kappa shape index (κ3) is 6.86. The summed E-state index contributed by atoms with van der Waals surface area (Å²) in [4.78, 5) is 24.1. The van der Waals surface area contributed by atoms with Gasteiger partial charge in [-0.1, -0.05) is 17.7 Å². The highest BCUT2D eigenvalue weighted by molar-refractivity contribution is 6.31. The van der Waals surface area contributed by atoms with Crippen LogP contribution in [0.25, 0.3) is 0 Å². The number of rotatable bonds is 7. The number of alkyl halides is 3. The number of carbonyl (C=O) groups is 2. The third-order valence-electron chi connectivity index (χ3n) is 3.82. The number of anilines is 2. The van der Waals surface area contributed by atoms with Gasteiger partial charge in [-0.05, 0) is 42.8 Å².